The lowest BCUT2D eigenvalue weighted by molar-refractivity contribution is -0.0378. The van der Waals surface area contributed by atoms with Crippen LogP contribution in [0.4, 0.5) is 5.69 Å². The number of ether oxygens (including phenoxy) is 2. The Balaban J connectivity index is 2.61. The Kier molecular flexibility index (Phi) is 4.82. The van der Waals surface area contributed by atoms with E-state index in [1.54, 1.807) is 0 Å². The molecule has 0 saturated carbocycles. The van der Waals surface area contributed by atoms with E-state index in [0.717, 1.165) is 5.75 Å². The molecule has 1 aromatic rings. The SMILES string of the molecule is CCOC(COc1ccccc1N)C(C)(C)C. The van der Waals surface area contributed by atoms with E-state index in [0.29, 0.717) is 18.9 Å². The van der Waals surface area contributed by atoms with Crippen LogP contribution in [0.1, 0.15) is 27.7 Å². The number of benzene rings is 1. The van der Waals surface area contributed by atoms with Gasteiger partial charge in [-0.3, -0.25) is 0 Å². The standard InChI is InChI=1S/C14H23NO2/c1-5-16-13(14(2,3)4)10-17-12-9-7-6-8-11(12)15/h6-9,13H,5,10,15H2,1-4H3. The molecule has 0 aromatic heterocycles. The molecule has 0 saturated heterocycles. The van der Waals surface area contributed by atoms with Gasteiger partial charge in [-0.25, -0.2) is 0 Å². The number of hydrogen-bond acceptors (Lipinski definition) is 3. The number of rotatable bonds is 5. The topological polar surface area (TPSA) is 44.5 Å². The first-order valence-electron chi connectivity index (χ1n) is 6.04. The fraction of sp³-hybridized carbons (Fsp3) is 0.571. The molecule has 0 fully saturated rings. The minimum atomic E-state index is 0.0551. The van der Waals surface area contributed by atoms with Gasteiger partial charge in [-0.1, -0.05) is 32.9 Å². The molecule has 1 rings (SSSR count). The summed E-state index contributed by atoms with van der Waals surface area (Å²) in [6.45, 7) is 9.64. The van der Waals surface area contributed by atoms with Gasteiger partial charge in [-0.2, -0.15) is 0 Å². The monoisotopic (exact) mass is 237 g/mol. The molecule has 0 spiro atoms. The summed E-state index contributed by atoms with van der Waals surface area (Å²) in [6.07, 6.45) is 0.0621. The van der Waals surface area contributed by atoms with Gasteiger partial charge >= 0.3 is 0 Å². The lowest BCUT2D eigenvalue weighted by Crippen LogP contribution is -2.35. The molecule has 1 unspecified atom stereocenters. The quantitative estimate of drug-likeness (QED) is 0.800. The maximum atomic E-state index is 5.82. The Morgan fingerprint density at radius 1 is 1.24 bits per heavy atom. The first-order valence-corrected chi connectivity index (χ1v) is 6.04. The summed E-state index contributed by atoms with van der Waals surface area (Å²) >= 11 is 0. The van der Waals surface area contributed by atoms with Crippen molar-refractivity contribution in [3.63, 3.8) is 0 Å². The van der Waals surface area contributed by atoms with Crippen molar-refractivity contribution in [2.75, 3.05) is 18.9 Å². The highest BCUT2D eigenvalue weighted by atomic mass is 16.5. The average molecular weight is 237 g/mol. The van der Waals surface area contributed by atoms with Gasteiger partial charge < -0.3 is 15.2 Å². The lowest BCUT2D eigenvalue weighted by Gasteiger charge is -2.30. The molecule has 3 nitrogen and oxygen atoms in total. The Morgan fingerprint density at radius 2 is 1.88 bits per heavy atom. The van der Waals surface area contributed by atoms with E-state index in [9.17, 15) is 0 Å². The van der Waals surface area contributed by atoms with Crippen molar-refractivity contribution < 1.29 is 9.47 Å². The van der Waals surface area contributed by atoms with Crippen LogP contribution in [-0.2, 0) is 4.74 Å². The molecule has 0 amide bonds. The Bertz CT molecular complexity index is 344. The van der Waals surface area contributed by atoms with E-state index in [4.69, 9.17) is 15.2 Å². The molecule has 17 heavy (non-hydrogen) atoms. The third-order valence-electron chi connectivity index (χ3n) is 2.64. The van der Waals surface area contributed by atoms with Crippen molar-refractivity contribution in [2.45, 2.75) is 33.8 Å². The fourth-order valence-corrected chi connectivity index (χ4v) is 1.53. The number of anilines is 1. The van der Waals surface area contributed by atoms with Crippen LogP contribution in [0.15, 0.2) is 24.3 Å². The van der Waals surface area contributed by atoms with Crippen LogP contribution in [0, 0.1) is 5.41 Å². The Hall–Kier alpha value is -1.22. The largest absolute Gasteiger partial charge is 0.489 e. The van der Waals surface area contributed by atoms with E-state index in [1.165, 1.54) is 0 Å². The van der Waals surface area contributed by atoms with Crippen LogP contribution < -0.4 is 10.5 Å². The van der Waals surface area contributed by atoms with Crippen LogP contribution in [0.5, 0.6) is 5.75 Å². The zero-order valence-corrected chi connectivity index (χ0v) is 11.2. The zero-order valence-electron chi connectivity index (χ0n) is 11.2. The molecule has 0 radical (unpaired) electrons. The molecule has 0 aliphatic carbocycles. The van der Waals surface area contributed by atoms with Crippen molar-refractivity contribution in [1.29, 1.82) is 0 Å². The minimum Gasteiger partial charge on any atom is -0.489 e. The van der Waals surface area contributed by atoms with Crippen molar-refractivity contribution in [1.82, 2.24) is 0 Å². The zero-order chi connectivity index (χ0) is 12.9. The first-order chi connectivity index (χ1) is 7.95. The highest BCUT2D eigenvalue weighted by Crippen LogP contribution is 2.25. The Morgan fingerprint density at radius 3 is 2.41 bits per heavy atom. The van der Waals surface area contributed by atoms with Gasteiger partial charge in [-0.05, 0) is 24.5 Å². The average Bonchev–Trinajstić information content (AvgIpc) is 2.24. The number of nitrogen functional groups attached to an aromatic ring is 1. The van der Waals surface area contributed by atoms with Crippen LogP contribution >= 0.6 is 0 Å². The maximum absolute atomic E-state index is 5.82. The third kappa shape index (κ3) is 4.27. The molecule has 0 aliphatic rings. The molecule has 1 aromatic carbocycles. The van der Waals surface area contributed by atoms with E-state index in [-0.39, 0.29) is 11.5 Å². The molecule has 96 valence electrons. The molecule has 2 N–H and O–H groups in total. The molecule has 0 aliphatic heterocycles. The number of hydrogen-bond donors (Lipinski definition) is 1. The van der Waals surface area contributed by atoms with Gasteiger partial charge in [0.15, 0.2) is 0 Å². The van der Waals surface area contributed by atoms with Gasteiger partial charge in [0, 0.05) is 6.61 Å². The van der Waals surface area contributed by atoms with Gasteiger partial charge in [0.1, 0.15) is 12.4 Å². The van der Waals surface area contributed by atoms with E-state index in [2.05, 4.69) is 20.8 Å². The van der Waals surface area contributed by atoms with Crippen molar-refractivity contribution in [2.24, 2.45) is 5.41 Å². The summed E-state index contributed by atoms with van der Waals surface area (Å²) in [5.74, 6) is 0.724. The summed E-state index contributed by atoms with van der Waals surface area (Å²) in [7, 11) is 0. The second-order valence-electron chi connectivity index (χ2n) is 5.16. The smallest absolute Gasteiger partial charge is 0.142 e. The van der Waals surface area contributed by atoms with Crippen molar-refractivity contribution in [3.8, 4) is 5.75 Å². The Labute approximate surface area is 104 Å². The molecule has 0 bridgehead atoms. The van der Waals surface area contributed by atoms with E-state index in [1.807, 2.05) is 31.2 Å². The molecule has 3 heteroatoms. The predicted molar refractivity (Wildman–Crippen MR) is 71.2 cm³/mol. The van der Waals surface area contributed by atoms with Crippen LogP contribution in [-0.4, -0.2) is 19.3 Å². The minimum absolute atomic E-state index is 0.0551. The number of nitrogens with two attached hydrogens (primary N) is 1. The van der Waals surface area contributed by atoms with Crippen LogP contribution in [0.25, 0.3) is 0 Å². The van der Waals surface area contributed by atoms with Crippen molar-refractivity contribution >= 4 is 5.69 Å². The summed E-state index contributed by atoms with van der Waals surface area (Å²) in [6, 6.07) is 7.52. The van der Waals surface area contributed by atoms with Crippen LogP contribution in [0.3, 0.4) is 0 Å². The van der Waals surface area contributed by atoms with E-state index >= 15 is 0 Å². The summed E-state index contributed by atoms with van der Waals surface area (Å²) < 4.78 is 11.4. The first kappa shape index (κ1) is 13.8. The molecule has 1 atom stereocenters. The third-order valence-corrected chi connectivity index (χ3v) is 2.64. The summed E-state index contributed by atoms with van der Waals surface area (Å²) in [5.41, 5.74) is 6.54. The maximum Gasteiger partial charge on any atom is 0.142 e. The van der Waals surface area contributed by atoms with Gasteiger partial charge in [0.25, 0.3) is 0 Å². The second-order valence-corrected chi connectivity index (χ2v) is 5.16. The normalized spacial score (nSPS) is 13.4. The molecule has 0 heterocycles. The lowest BCUT2D eigenvalue weighted by atomic mass is 9.89. The predicted octanol–water partition coefficient (Wildman–Crippen LogP) is 3.10. The van der Waals surface area contributed by atoms with Crippen molar-refractivity contribution in [3.05, 3.63) is 24.3 Å². The highest BCUT2D eigenvalue weighted by molar-refractivity contribution is 5.51. The highest BCUT2D eigenvalue weighted by Gasteiger charge is 2.25. The van der Waals surface area contributed by atoms with Gasteiger partial charge in [0.2, 0.25) is 0 Å². The number of para-hydroxylation sites is 2. The summed E-state index contributed by atoms with van der Waals surface area (Å²) in [5, 5.41) is 0. The molecular formula is C14H23NO2. The fourth-order valence-electron chi connectivity index (χ4n) is 1.53. The van der Waals surface area contributed by atoms with Gasteiger partial charge in [0.05, 0.1) is 11.8 Å². The van der Waals surface area contributed by atoms with Gasteiger partial charge in [-0.15, -0.1) is 0 Å². The summed E-state index contributed by atoms with van der Waals surface area (Å²) in [4.78, 5) is 0. The van der Waals surface area contributed by atoms with Crippen LogP contribution in [0.2, 0.25) is 0 Å². The second kappa shape index (κ2) is 5.92. The molecular weight excluding hydrogens is 214 g/mol. The van der Waals surface area contributed by atoms with E-state index < -0.39 is 0 Å².